The standard InChI is InChI=1S/C15H17N3O3/c16-8-11-3-5-12(6-4-11)9-17-15(21)18-7-1-2-13(10-18)14(19)20/h3-6,13H,1-2,7,9-10H2,(H,17,21)(H,19,20)/t13-/m0/s1. The number of hydrogen-bond acceptors (Lipinski definition) is 3. The Morgan fingerprint density at radius 2 is 2.10 bits per heavy atom. The van der Waals surface area contributed by atoms with Crippen LogP contribution < -0.4 is 5.32 Å². The zero-order valence-corrected chi connectivity index (χ0v) is 11.6. The summed E-state index contributed by atoms with van der Waals surface area (Å²) >= 11 is 0. The third kappa shape index (κ3) is 3.96. The summed E-state index contributed by atoms with van der Waals surface area (Å²) in [6.07, 6.45) is 1.33. The molecule has 1 fully saturated rings. The number of nitrogens with one attached hydrogen (secondary N) is 1. The highest BCUT2D eigenvalue weighted by Gasteiger charge is 2.27. The van der Waals surface area contributed by atoms with Gasteiger partial charge in [0.2, 0.25) is 0 Å². The Bertz CT molecular complexity index is 563. The molecule has 2 rings (SSSR count). The van der Waals surface area contributed by atoms with Crippen molar-refractivity contribution in [3.63, 3.8) is 0 Å². The van der Waals surface area contributed by atoms with E-state index in [1.54, 1.807) is 29.2 Å². The number of carboxylic acids is 1. The number of amides is 2. The lowest BCUT2D eigenvalue weighted by molar-refractivity contribution is -0.143. The molecule has 1 aromatic carbocycles. The van der Waals surface area contributed by atoms with Gasteiger partial charge in [0.05, 0.1) is 17.6 Å². The minimum absolute atomic E-state index is 0.245. The molecule has 0 radical (unpaired) electrons. The molecule has 21 heavy (non-hydrogen) atoms. The third-order valence-corrected chi connectivity index (χ3v) is 3.58. The van der Waals surface area contributed by atoms with Gasteiger partial charge in [-0.15, -0.1) is 0 Å². The van der Waals surface area contributed by atoms with Crippen molar-refractivity contribution < 1.29 is 14.7 Å². The largest absolute Gasteiger partial charge is 0.481 e. The van der Waals surface area contributed by atoms with Gasteiger partial charge in [-0.1, -0.05) is 12.1 Å². The summed E-state index contributed by atoms with van der Waals surface area (Å²) < 4.78 is 0. The van der Waals surface area contributed by atoms with Crippen LogP contribution in [0.5, 0.6) is 0 Å². The molecule has 1 aliphatic rings. The van der Waals surface area contributed by atoms with Crippen molar-refractivity contribution in [1.29, 1.82) is 5.26 Å². The molecular weight excluding hydrogens is 270 g/mol. The lowest BCUT2D eigenvalue weighted by Crippen LogP contribution is -2.46. The summed E-state index contributed by atoms with van der Waals surface area (Å²) in [4.78, 5) is 24.6. The minimum atomic E-state index is -0.848. The van der Waals surface area contributed by atoms with Gasteiger partial charge in [0, 0.05) is 19.6 Å². The number of likely N-dealkylation sites (tertiary alicyclic amines) is 1. The van der Waals surface area contributed by atoms with E-state index in [2.05, 4.69) is 5.32 Å². The second kappa shape index (κ2) is 6.75. The van der Waals surface area contributed by atoms with Crippen LogP contribution >= 0.6 is 0 Å². The molecule has 1 aromatic rings. The first kappa shape index (κ1) is 14.9. The fraction of sp³-hybridized carbons (Fsp3) is 0.400. The Kier molecular flexibility index (Phi) is 4.77. The van der Waals surface area contributed by atoms with Crippen molar-refractivity contribution in [1.82, 2.24) is 10.2 Å². The van der Waals surface area contributed by atoms with Gasteiger partial charge in [-0.2, -0.15) is 5.26 Å². The average Bonchev–Trinajstić information content (AvgIpc) is 2.53. The first-order chi connectivity index (χ1) is 10.1. The molecule has 0 saturated carbocycles. The Hall–Kier alpha value is -2.55. The molecule has 110 valence electrons. The predicted molar refractivity (Wildman–Crippen MR) is 75.3 cm³/mol. The number of piperidine rings is 1. The predicted octanol–water partition coefficient (Wildman–Crippen LogP) is 1.56. The van der Waals surface area contributed by atoms with E-state index in [-0.39, 0.29) is 12.6 Å². The number of benzene rings is 1. The number of rotatable bonds is 3. The van der Waals surface area contributed by atoms with Gasteiger partial charge >= 0.3 is 12.0 Å². The number of nitrogens with zero attached hydrogens (tertiary/aromatic N) is 2. The molecule has 0 spiro atoms. The highest BCUT2D eigenvalue weighted by molar-refractivity contribution is 5.76. The van der Waals surface area contributed by atoms with Crippen LogP contribution in [0.2, 0.25) is 0 Å². The summed E-state index contributed by atoms with van der Waals surface area (Å²) in [5, 5.41) is 20.5. The van der Waals surface area contributed by atoms with Gasteiger partial charge in [-0.3, -0.25) is 4.79 Å². The smallest absolute Gasteiger partial charge is 0.317 e. The van der Waals surface area contributed by atoms with Crippen molar-refractivity contribution in [3.05, 3.63) is 35.4 Å². The van der Waals surface area contributed by atoms with Crippen molar-refractivity contribution in [2.24, 2.45) is 5.92 Å². The SMILES string of the molecule is N#Cc1ccc(CNC(=O)N2CCC[C@H](C(=O)O)C2)cc1. The second-order valence-corrected chi connectivity index (χ2v) is 5.09. The van der Waals surface area contributed by atoms with Crippen LogP contribution in [0.4, 0.5) is 4.79 Å². The van der Waals surface area contributed by atoms with E-state index in [1.165, 1.54) is 0 Å². The van der Waals surface area contributed by atoms with Crippen molar-refractivity contribution in [3.8, 4) is 6.07 Å². The molecule has 0 aromatic heterocycles. The monoisotopic (exact) mass is 287 g/mol. The van der Waals surface area contributed by atoms with Crippen molar-refractivity contribution in [2.45, 2.75) is 19.4 Å². The topological polar surface area (TPSA) is 93.4 Å². The van der Waals surface area contributed by atoms with Crippen molar-refractivity contribution >= 4 is 12.0 Å². The maximum atomic E-state index is 12.0. The molecular formula is C15H17N3O3. The maximum Gasteiger partial charge on any atom is 0.317 e. The summed E-state index contributed by atoms with van der Waals surface area (Å²) in [6, 6.07) is 8.76. The molecule has 1 heterocycles. The number of urea groups is 1. The van der Waals surface area contributed by atoms with Crippen LogP contribution in [0.3, 0.4) is 0 Å². The lowest BCUT2D eigenvalue weighted by Gasteiger charge is -2.30. The molecule has 1 saturated heterocycles. The molecule has 6 heteroatoms. The Labute approximate surface area is 123 Å². The van der Waals surface area contributed by atoms with Crippen LogP contribution in [0.25, 0.3) is 0 Å². The maximum absolute atomic E-state index is 12.0. The zero-order valence-electron chi connectivity index (χ0n) is 11.6. The molecule has 0 bridgehead atoms. The highest BCUT2D eigenvalue weighted by atomic mass is 16.4. The lowest BCUT2D eigenvalue weighted by atomic mass is 9.99. The Balaban J connectivity index is 1.86. The Morgan fingerprint density at radius 1 is 1.38 bits per heavy atom. The van der Waals surface area contributed by atoms with Gasteiger partial charge in [-0.25, -0.2) is 4.79 Å². The summed E-state index contributed by atoms with van der Waals surface area (Å²) in [6.45, 7) is 1.20. The van der Waals surface area contributed by atoms with Gasteiger partial charge in [-0.05, 0) is 30.5 Å². The molecule has 0 aliphatic carbocycles. The number of nitriles is 1. The van der Waals surface area contributed by atoms with Crippen LogP contribution in [0.1, 0.15) is 24.0 Å². The number of carbonyl (C=O) groups excluding carboxylic acids is 1. The third-order valence-electron chi connectivity index (χ3n) is 3.58. The molecule has 1 aliphatic heterocycles. The van der Waals surface area contributed by atoms with E-state index < -0.39 is 11.9 Å². The van der Waals surface area contributed by atoms with Gasteiger partial charge in [0.25, 0.3) is 0 Å². The summed E-state index contributed by atoms with van der Waals surface area (Å²) in [7, 11) is 0. The number of hydrogen-bond donors (Lipinski definition) is 2. The molecule has 1 atom stereocenters. The van der Waals surface area contributed by atoms with Crippen LogP contribution in [0.15, 0.2) is 24.3 Å². The van der Waals surface area contributed by atoms with E-state index in [9.17, 15) is 9.59 Å². The van der Waals surface area contributed by atoms with E-state index >= 15 is 0 Å². The quantitative estimate of drug-likeness (QED) is 0.882. The van der Waals surface area contributed by atoms with E-state index in [4.69, 9.17) is 10.4 Å². The first-order valence-electron chi connectivity index (χ1n) is 6.85. The summed E-state index contributed by atoms with van der Waals surface area (Å²) in [5.74, 6) is -1.32. The molecule has 2 N–H and O–H groups in total. The molecule has 6 nitrogen and oxygen atoms in total. The van der Waals surface area contributed by atoms with Crippen molar-refractivity contribution in [2.75, 3.05) is 13.1 Å². The number of aliphatic carboxylic acids is 1. The minimum Gasteiger partial charge on any atom is -0.481 e. The number of carboxylic acid groups (broad SMARTS) is 1. The van der Waals surface area contributed by atoms with Gasteiger partial charge in [0.15, 0.2) is 0 Å². The Morgan fingerprint density at radius 3 is 2.71 bits per heavy atom. The molecule has 2 amide bonds. The molecule has 0 unspecified atom stereocenters. The van der Waals surface area contributed by atoms with E-state index in [0.717, 1.165) is 5.56 Å². The average molecular weight is 287 g/mol. The summed E-state index contributed by atoms with van der Waals surface area (Å²) in [5.41, 5.74) is 1.47. The normalized spacial score (nSPS) is 17.9. The highest BCUT2D eigenvalue weighted by Crippen LogP contribution is 2.16. The second-order valence-electron chi connectivity index (χ2n) is 5.09. The fourth-order valence-electron chi connectivity index (χ4n) is 2.35. The van der Waals surface area contributed by atoms with E-state index in [1.807, 2.05) is 6.07 Å². The first-order valence-corrected chi connectivity index (χ1v) is 6.85. The van der Waals surface area contributed by atoms with Crippen LogP contribution in [-0.2, 0) is 11.3 Å². The fourth-order valence-corrected chi connectivity index (χ4v) is 2.35. The van der Waals surface area contributed by atoms with Gasteiger partial charge in [0.1, 0.15) is 0 Å². The van der Waals surface area contributed by atoms with E-state index in [0.29, 0.717) is 31.5 Å². The van der Waals surface area contributed by atoms with Crippen LogP contribution in [-0.4, -0.2) is 35.1 Å². The van der Waals surface area contributed by atoms with Gasteiger partial charge < -0.3 is 15.3 Å². The zero-order chi connectivity index (χ0) is 15.2. The van der Waals surface area contributed by atoms with Crippen LogP contribution in [0, 0.1) is 17.2 Å². The number of carbonyl (C=O) groups is 2.